The summed E-state index contributed by atoms with van der Waals surface area (Å²) in [5, 5.41) is 5.67. The maximum Gasteiger partial charge on any atom is 0.320 e. The molecule has 2 aromatic rings. The van der Waals surface area contributed by atoms with Crippen molar-refractivity contribution in [2.75, 3.05) is 7.11 Å². The van der Waals surface area contributed by atoms with Crippen LogP contribution in [0.1, 0.15) is 37.9 Å². The van der Waals surface area contributed by atoms with E-state index in [9.17, 15) is 9.59 Å². The maximum absolute atomic E-state index is 12.6. The molecule has 2 aromatic carbocycles. The molecule has 1 aliphatic rings. The molecule has 152 valence electrons. The number of urea groups is 1. The summed E-state index contributed by atoms with van der Waals surface area (Å²) in [6, 6.07) is 12.1. The highest BCUT2D eigenvalue weighted by Crippen LogP contribution is 2.39. The van der Waals surface area contributed by atoms with Crippen molar-refractivity contribution in [3.63, 3.8) is 0 Å². The lowest BCUT2D eigenvalue weighted by Crippen LogP contribution is -2.44. The molecule has 2 amide bonds. The molecule has 0 saturated carbocycles. The number of Topliss-reactive ketones (excluding diaryl/α,β-unsaturated/α-hetero) is 1. The van der Waals surface area contributed by atoms with E-state index in [1.165, 1.54) is 6.92 Å². The molecule has 7 heteroatoms. The van der Waals surface area contributed by atoms with Gasteiger partial charge in [0.25, 0.3) is 0 Å². The van der Waals surface area contributed by atoms with E-state index in [4.69, 9.17) is 9.47 Å². The number of nitrogens with one attached hydrogen (secondary N) is 2. The van der Waals surface area contributed by atoms with Crippen molar-refractivity contribution in [3.05, 3.63) is 62.7 Å². The van der Waals surface area contributed by atoms with Crippen LogP contribution < -0.4 is 20.1 Å². The Kier molecular flexibility index (Phi) is 6.46. The van der Waals surface area contributed by atoms with E-state index in [0.29, 0.717) is 22.8 Å². The van der Waals surface area contributed by atoms with Gasteiger partial charge in [0, 0.05) is 5.57 Å². The molecule has 1 heterocycles. The van der Waals surface area contributed by atoms with E-state index in [-0.39, 0.29) is 17.9 Å². The van der Waals surface area contributed by atoms with Crippen LogP contribution in [-0.2, 0) is 4.79 Å². The zero-order valence-corrected chi connectivity index (χ0v) is 18.9. The Hall–Kier alpha value is -2.55. The van der Waals surface area contributed by atoms with Crippen molar-refractivity contribution in [3.8, 4) is 11.5 Å². The summed E-state index contributed by atoms with van der Waals surface area (Å²) < 4.78 is 12.3. The Bertz CT molecular complexity index is 970. The van der Waals surface area contributed by atoms with Gasteiger partial charge in [-0.3, -0.25) is 4.79 Å². The molecule has 0 unspecified atom stereocenters. The SMILES string of the molecule is COc1cc([C@H]2NC(=O)NC(c3ccccc3)=C2C(C)=O)cc(I)c1OC(C)C. The topological polar surface area (TPSA) is 76.7 Å². The number of ether oxygens (including phenoxy) is 2. The van der Waals surface area contributed by atoms with E-state index >= 15 is 0 Å². The normalized spacial score (nSPS) is 16.3. The average Bonchev–Trinajstić information content (AvgIpc) is 2.68. The van der Waals surface area contributed by atoms with Crippen LogP contribution in [-0.4, -0.2) is 25.0 Å². The smallest absolute Gasteiger partial charge is 0.320 e. The number of rotatable bonds is 6. The van der Waals surface area contributed by atoms with E-state index in [1.807, 2.05) is 56.3 Å². The molecule has 0 spiro atoms. The molecule has 0 radical (unpaired) electrons. The van der Waals surface area contributed by atoms with Gasteiger partial charge in [-0.15, -0.1) is 0 Å². The lowest BCUT2D eigenvalue weighted by atomic mass is 9.90. The van der Waals surface area contributed by atoms with Crippen LogP contribution in [0.25, 0.3) is 5.70 Å². The number of halogens is 1. The zero-order chi connectivity index (χ0) is 21.1. The first-order valence-electron chi connectivity index (χ1n) is 9.24. The van der Waals surface area contributed by atoms with Crippen LogP contribution in [0.4, 0.5) is 4.79 Å². The Morgan fingerprint density at radius 2 is 1.86 bits per heavy atom. The van der Waals surface area contributed by atoms with Crippen LogP contribution >= 0.6 is 22.6 Å². The summed E-state index contributed by atoms with van der Waals surface area (Å²) in [5.74, 6) is 1.07. The molecular formula is C22H23IN2O4. The molecule has 2 N–H and O–H groups in total. The minimum atomic E-state index is -0.605. The van der Waals surface area contributed by atoms with Crippen LogP contribution in [0.15, 0.2) is 48.0 Å². The fourth-order valence-corrected chi connectivity index (χ4v) is 4.04. The van der Waals surface area contributed by atoms with E-state index in [2.05, 4.69) is 33.2 Å². The van der Waals surface area contributed by atoms with E-state index in [0.717, 1.165) is 14.7 Å². The number of hydrogen-bond acceptors (Lipinski definition) is 4. The number of benzene rings is 2. The third kappa shape index (κ3) is 4.55. The largest absolute Gasteiger partial charge is 0.493 e. The monoisotopic (exact) mass is 506 g/mol. The minimum Gasteiger partial charge on any atom is -0.493 e. The first kappa shape index (κ1) is 21.2. The second kappa shape index (κ2) is 8.86. The number of carbonyl (C=O) groups excluding carboxylic acids is 2. The molecule has 0 saturated heterocycles. The van der Waals surface area contributed by atoms with Crippen molar-refractivity contribution >= 4 is 40.1 Å². The van der Waals surface area contributed by atoms with E-state index in [1.54, 1.807) is 7.11 Å². The maximum atomic E-state index is 12.6. The first-order chi connectivity index (χ1) is 13.8. The van der Waals surface area contributed by atoms with Gasteiger partial charge in [-0.25, -0.2) is 4.79 Å². The molecule has 29 heavy (non-hydrogen) atoms. The Balaban J connectivity index is 2.17. The van der Waals surface area contributed by atoms with Crippen LogP contribution in [0.5, 0.6) is 11.5 Å². The summed E-state index contributed by atoms with van der Waals surface area (Å²) in [4.78, 5) is 25.0. The fraction of sp³-hybridized carbons (Fsp3) is 0.273. The van der Waals surface area contributed by atoms with Crippen molar-refractivity contribution in [1.29, 1.82) is 0 Å². The lowest BCUT2D eigenvalue weighted by molar-refractivity contribution is -0.113. The quantitative estimate of drug-likeness (QED) is 0.569. The second-order valence-electron chi connectivity index (χ2n) is 6.94. The van der Waals surface area contributed by atoms with Gasteiger partial charge < -0.3 is 20.1 Å². The molecule has 0 aromatic heterocycles. The summed E-state index contributed by atoms with van der Waals surface area (Å²) in [6.45, 7) is 5.39. The van der Waals surface area contributed by atoms with Gasteiger partial charge in [0.1, 0.15) is 0 Å². The third-order valence-electron chi connectivity index (χ3n) is 4.45. The van der Waals surface area contributed by atoms with Gasteiger partial charge in [0.2, 0.25) is 0 Å². The molecule has 6 nitrogen and oxygen atoms in total. The summed E-state index contributed by atoms with van der Waals surface area (Å²) in [5.41, 5.74) is 2.53. The number of ketones is 1. The van der Waals surface area contributed by atoms with Gasteiger partial charge in [0.05, 0.1) is 28.5 Å². The van der Waals surface area contributed by atoms with Gasteiger partial charge in [-0.05, 0) is 66.6 Å². The molecule has 0 aliphatic carbocycles. The number of hydrogen-bond donors (Lipinski definition) is 2. The molecule has 1 atom stereocenters. The predicted octanol–water partition coefficient (Wildman–Crippen LogP) is 4.44. The highest BCUT2D eigenvalue weighted by atomic mass is 127. The van der Waals surface area contributed by atoms with Crippen molar-refractivity contribution < 1.29 is 19.1 Å². The zero-order valence-electron chi connectivity index (χ0n) is 16.7. The van der Waals surface area contributed by atoms with Crippen LogP contribution in [0.3, 0.4) is 0 Å². The summed E-state index contributed by atoms with van der Waals surface area (Å²) >= 11 is 2.18. The predicted molar refractivity (Wildman–Crippen MR) is 120 cm³/mol. The number of amides is 2. The summed E-state index contributed by atoms with van der Waals surface area (Å²) in [6.07, 6.45) is -0.0146. The molecule has 1 aliphatic heterocycles. The number of carbonyl (C=O) groups is 2. The molecule has 3 rings (SSSR count). The lowest BCUT2D eigenvalue weighted by Gasteiger charge is -2.30. The second-order valence-corrected chi connectivity index (χ2v) is 8.11. The number of methoxy groups -OCH3 is 1. The van der Waals surface area contributed by atoms with Crippen molar-refractivity contribution in [1.82, 2.24) is 10.6 Å². The minimum absolute atomic E-state index is 0.0146. The Morgan fingerprint density at radius 3 is 2.45 bits per heavy atom. The van der Waals surface area contributed by atoms with E-state index < -0.39 is 6.04 Å². The molecule has 0 fully saturated rings. The molecular weight excluding hydrogens is 483 g/mol. The standard InChI is InChI=1S/C22H23IN2O4/c1-12(2)29-21-16(23)10-15(11-17(21)28-4)20-18(13(3)26)19(24-22(27)25-20)14-8-6-5-7-9-14/h5-12,20H,1-4H3,(H2,24,25,27)/t20-/m1/s1. The van der Waals surface area contributed by atoms with Crippen molar-refractivity contribution in [2.24, 2.45) is 0 Å². The van der Waals surface area contributed by atoms with Crippen molar-refractivity contribution in [2.45, 2.75) is 32.9 Å². The Morgan fingerprint density at radius 1 is 1.17 bits per heavy atom. The Labute approximate surface area is 183 Å². The average molecular weight is 506 g/mol. The highest BCUT2D eigenvalue weighted by Gasteiger charge is 2.32. The first-order valence-corrected chi connectivity index (χ1v) is 10.3. The van der Waals surface area contributed by atoms with Crippen LogP contribution in [0.2, 0.25) is 0 Å². The fourth-order valence-electron chi connectivity index (χ4n) is 3.28. The third-order valence-corrected chi connectivity index (χ3v) is 5.25. The van der Waals surface area contributed by atoms with Gasteiger partial charge >= 0.3 is 6.03 Å². The van der Waals surface area contributed by atoms with Gasteiger partial charge in [-0.2, -0.15) is 0 Å². The molecule has 0 bridgehead atoms. The van der Waals surface area contributed by atoms with Gasteiger partial charge in [0.15, 0.2) is 17.3 Å². The summed E-state index contributed by atoms with van der Waals surface area (Å²) in [7, 11) is 1.57. The highest BCUT2D eigenvalue weighted by molar-refractivity contribution is 14.1. The van der Waals surface area contributed by atoms with Crippen LogP contribution in [0, 0.1) is 3.57 Å². The van der Waals surface area contributed by atoms with Gasteiger partial charge in [-0.1, -0.05) is 30.3 Å².